The van der Waals surface area contributed by atoms with Crippen LogP contribution in [0, 0.1) is 18.3 Å². The molecule has 19 heavy (non-hydrogen) atoms. The monoisotopic (exact) mass is 257 g/mol. The molecule has 1 spiro atoms. The van der Waals surface area contributed by atoms with Gasteiger partial charge in [0.1, 0.15) is 0 Å². The number of nitriles is 1. The van der Waals surface area contributed by atoms with Crippen molar-refractivity contribution >= 4 is 0 Å². The van der Waals surface area contributed by atoms with E-state index in [1.54, 1.807) is 0 Å². The number of aryl methyl sites for hydroxylation is 1. The maximum absolute atomic E-state index is 9.69. The first-order valence-corrected chi connectivity index (χ1v) is 6.94. The molecule has 0 atom stereocenters. The van der Waals surface area contributed by atoms with E-state index < -0.39 is 5.79 Å². The fraction of sp³-hybridized carbons (Fsp3) is 0.562. The summed E-state index contributed by atoms with van der Waals surface area (Å²) < 4.78 is 11.5. The molecule has 1 saturated heterocycles. The third-order valence-electron chi connectivity index (χ3n) is 4.46. The maximum atomic E-state index is 9.69. The Morgan fingerprint density at radius 2 is 1.79 bits per heavy atom. The molecule has 1 aliphatic carbocycles. The molecule has 1 heterocycles. The Hall–Kier alpha value is -1.37. The van der Waals surface area contributed by atoms with Crippen molar-refractivity contribution in [2.24, 2.45) is 0 Å². The van der Waals surface area contributed by atoms with Crippen molar-refractivity contribution in [1.82, 2.24) is 0 Å². The lowest BCUT2D eigenvalue weighted by Gasteiger charge is -2.40. The lowest BCUT2D eigenvalue weighted by molar-refractivity contribution is -0.182. The molecule has 2 aliphatic rings. The summed E-state index contributed by atoms with van der Waals surface area (Å²) in [4.78, 5) is 0. The SMILES string of the molecule is Cc1cccc(C2(C#N)CCC3(CC2)OCCO3)c1. The summed E-state index contributed by atoms with van der Waals surface area (Å²) in [5, 5.41) is 9.69. The molecule has 0 radical (unpaired) electrons. The highest BCUT2D eigenvalue weighted by Gasteiger charge is 2.47. The van der Waals surface area contributed by atoms with Gasteiger partial charge in [-0.05, 0) is 25.3 Å². The van der Waals surface area contributed by atoms with Gasteiger partial charge in [0.2, 0.25) is 0 Å². The van der Waals surface area contributed by atoms with Crippen LogP contribution in [0.1, 0.15) is 36.8 Å². The van der Waals surface area contributed by atoms with Crippen molar-refractivity contribution in [2.75, 3.05) is 13.2 Å². The molecular weight excluding hydrogens is 238 g/mol. The highest BCUT2D eigenvalue weighted by Crippen LogP contribution is 2.46. The molecule has 1 aromatic rings. The van der Waals surface area contributed by atoms with E-state index in [2.05, 4.69) is 31.2 Å². The molecule has 3 heteroatoms. The second-order valence-corrected chi connectivity index (χ2v) is 5.67. The van der Waals surface area contributed by atoms with Gasteiger partial charge in [0.05, 0.1) is 24.7 Å². The first-order chi connectivity index (χ1) is 9.18. The van der Waals surface area contributed by atoms with Gasteiger partial charge < -0.3 is 9.47 Å². The Balaban J connectivity index is 1.85. The minimum atomic E-state index is -0.399. The summed E-state index contributed by atoms with van der Waals surface area (Å²) >= 11 is 0. The third kappa shape index (κ3) is 2.16. The molecular formula is C16H19NO2. The predicted octanol–water partition coefficient (Wildman–Crippen LogP) is 3.07. The van der Waals surface area contributed by atoms with E-state index in [-0.39, 0.29) is 5.41 Å². The van der Waals surface area contributed by atoms with Crippen LogP contribution < -0.4 is 0 Å². The molecule has 0 N–H and O–H groups in total. The van der Waals surface area contributed by atoms with Gasteiger partial charge >= 0.3 is 0 Å². The normalized spacial score (nSPS) is 24.2. The lowest BCUT2D eigenvalue weighted by atomic mass is 9.68. The number of hydrogen-bond donors (Lipinski definition) is 0. The van der Waals surface area contributed by atoms with E-state index in [4.69, 9.17) is 9.47 Å². The van der Waals surface area contributed by atoms with Gasteiger partial charge in [0.15, 0.2) is 5.79 Å². The molecule has 100 valence electrons. The van der Waals surface area contributed by atoms with E-state index in [1.165, 1.54) is 5.56 Å². The smallest absolute Gasteiger partial charge is 0.168 e. The molecule has 3 rings (SSSR count). The van der Waals surface area contributed by atoms with Crippen LogP contribution in [0.25, 0.3) is 0 Å². The molecule has 1 aliphatic heterocycles. The van der Waals surface area contributed by atoms with Crippen molar-refractivity contribution in [3.8, 4) is 6.07 Å². The van der Waals surface area contributed by atoms with Crippen LogP contribution in [0.2, 0.25) is 0 Å². The lowest BCUT2D eigenvalue weighted by Crippen LogP contribution is -2.41. The van der Waals surface area contributed by atoms with Gasteiger partial charge in [-0.2, -0.15) is 5.26 Å². The van der Waals surface area contributed by atoms with Gasteiger partial charge in [-0.15, -0.1) is 0 Å². The summed E-state index contributed by atoms with van der Waals surface area (Å²) in [7, 11) is 0. The van der Waals surface area contributed by atoms with Crippen LogP contribution >= 0.6 is 0 Å². The standard InChI is InChI=1S/C16H19NO2/c1-13-3-2-4-14(11-13)15(12-17)5-7-16(8-6-15)18-9-10-19-16/h2-4,11H,5-10H2,1H3. The molecule has 0 bridgehead atoms. The number of benzene rings is 1. The summed E-state index contributed by atoms with van der Waals surface area (Å²) in [6.45, 7) is 3.44. The molecule has 0 aromatic heterocycles. The molecule has 2 fully saturated rings. The second kappa shape index (κ2) is 4.63. The molecule has 1 aromatic carbocycles. The predicted molar refractivity (Wildman–Crippen MR) is 71.6 cm³/mol. The second-order valence-electron chi connectivity index (χ2n) is 5.67. The van der Waals surface area contributed by atoms with Crippen molar-refractivity contribution < 1.29 is 9.47 Å². The van der Waals surface area contributed by atoms with E-state index in [0.717, 1.165) is 31.2 Å². The quantitative estimate of drug-likeness (QED) is 0.776. The topological polar surface area (TPSA) is 42.2 Å². The van der Waals surface area contributed by atoms with Crippen LogP contribution in [0.3, 0.4) is 0 Å². The first kappa shape index (κ1) is 12.7. The zero-order valence-electron chi connectivity index (χ0n) is 11.3. The Labute approximate surface area is 114 Å². The van der Waals surface area contributed by atoms with E-state index in [0.29, 0.717) is 13.2 Å². The average Bonchev–Trinajstić information content (AvgIpc) is 2.89. The molecule has 1 saturated carbocycles. The summed E-state index contributed by atoms with van der Waals surface area (Å²) in [5.41, 5.74) is 1.98. The van der Waals surface area contributed by atoms with Crippen molar-refractivity contribution in [3.05, 3.63) is 35.4 Å². The average molecular weight is 257 g/mol. The first-order valence-electron chi connectivity index (χ1n) is 6.94. The largest absolute Gasteiger partial charge is 0.348 e. The van der Waals surface area contributed by atoms with E-state index in [1.807, 2.05) is 6.07 Å². The van der Waals surface area contributed by atoms with Crippen LogP contribution in [0.4, 0.5) is 0 Å². The number of nitrogens with zero attached hydrogens (tertiary/aromatic N) is 1. The van der Waals surface area contributed by atoms with Crippen LogP contribution in [0.5, 0.6) is 0 Å². The van der Waals surface area contributed by atoms with Crippen molar-refractivity contribution in [3.63, 3.8) is 0 Å². The molecule has 0 amide bonds. The van der Waals surface area contributed by atoms with E-state index in [9.17, 15) is 5.26 Å². The minimum Gasteiger partial charge on any atom is -0.348 e. The van der Waals surface area contributed by atoms with Crippen LogP contribution in [0.15, 0.2) is 24.3 Å². The number of hydrogen-bond acceptors (Lipinski definition) is 3. The maximum Gasteiger partial charge on any atom is 0.168 e. The zero-order chi connectivity index (χ0) is 13.3. The van der Waals surface area contributed by atoms with Crippen LogP contribution in [-0.4, -0.2) is 19.0 Å². The molecule has 0 unspecified atom stereocenters. The Kier molecular flexibility index (Phi) is 3.08. The van der Waals surface area contributed by atoms with Gasteiger partial charge in [0.25, 0.3) is 0 Å². The van der Waals surface area contributed by atoms with Gasteiger partial charge in [0, 0.05) is 12.8 Å². The van der Waals surface area contributed by atoms with Gasteiger partial charge in [-0.25, -0.2) is 0 Å². The van der Waals surface area contributed by atoms with Crippen LogP contribution in [-0.2, 0) is 14.9 Å². The van der Waals surface area contributed by atoms with E-state index >= 15 is 0 Å². The minimum absolute atomic E-state index is 0.368. The molecule has 3 nitrogen and oxygen atoms in total. The Morgan fingerprint density at radius 1 is 1.11 bits per heavy atom. The number of rotatable bonds is 1. The highest BCUT2D eigenvalue weighted by molar-refractivity contribution is 5.36. The summed E-state index contributed by atoms with van der Waals surface area (Å²) in [5.74, 6) is -0.399. The fourth-order valence-corrected chi connectivity index (χ4v) is 3.25. The zero-order valence-corrected chi connectivity index (χ0v) is 11.3. The number of ether oxygens (including phenoxy) is 2. The van der Waals surface area contributed by atoms with Crippen molar-refractivity contribution in [2.45, 2.75) is 43.8 Å². The summed E-state index contributed by atoms with van der Waals surface area (Å²) in [6, 6.07) is 10.9. The van der Waals surface area contributed by atoms with Gasteiger partial charge in [-0.1, -0.05) is 29.8 Å². The van der Waals surface area contributed by atoms with Gasteiger partial charge in [-0.3, -0.25) is 0 Å². The Bertz CT molecular complexity index is 502. The Morgan fingerprint density at radius 3 is 2.37 bits per heavy atom. The fourth-order valence-electron chi connectivity index (χ4n) is 3.25. The third-order valence-corrected chi connectivity index (χ3v) is 4.46. The summed E-state index contributed by atoms with van der Waals surface area (Å²) in [6.07, 6.45) is 3.25. The van der Waals surface area contributed by atoms with Crippen molar-refractivity contribution in [1.29, 1.82) is 5.26 Å². The highest BCUT2D eigenvalue weighted by atomic mass is 16.7.